The zero-order chi connectivity index (χ0) is 16.8. The number of aryl methyl sites for hydroxylation is 1. The first kappa shape index (κ1) is 16.8. The van der Waals surface area contributed by atoms with E-state index in [1.807, 2.05) is 13.2 Å². The Balaban J connectivity index is 2.03. The molecular formula is C20H30O3. The Morgan fingerprint density at radius 2 is 2.13 bits per heavy atom. The molecule has 0 spiro atoms. The fraction of sp³-hybridized carbons (Fsp3) is 0.700. The normalized spacial score (nSPS) is 33.3. The average Bonchev–Trinajstić information content (AvgIpc) is 2.81. The van der Waals surface area contributed by atoms with E-state index in [4.69, 9.17) is 9.15 Å². The molecule has 3 rings (SSSR count). The number of hydrogen-bond acceptors (Lipinski definition) is 3. The van der Waals surface area contributed by atoms with Gasteiger partial charge < -0.3 is 14.3 Å². The smallest absolute Gasteiger partial charge is 0.113 e. The van der Waals surface area contributed by atoms with Crippen molar-refractivity contribution in [1.82, 2.24) is 0 Å². The van der Waals surface area contributed by atoms with Crippen LogP contribution in [0, 0.1) is 18.3 Å². The molecule has 0 radical (unpaired) electrons. The molecule has 1 N–H and O–H groups in total. The van der Waals surface area contributed by atoms with Crippen molar-refractivity contribution in [2.24, 2.45) is 11.3 Å². The van der Waals surface area contributed by atoms with Crippen molar-refractivity contribution in [3.63, 3.8) is 0 Å². The standard InChI is InChI=1S/C20H30O3/c1-13(2)8-10-22-18-17-14(3)12-23-16(17)11-15-7-6-9-19(4,21)20(15,18)5/h7,12-13,18,21H,6,8-11H2,1-5H3/t18-,19-,20-/m1/s1. The maximum atomic E-state index is 11.2. The zero-order valence-corrected chi connectivity index (χ0v) is 15.1. The summed E-state index contributed by atoms with van der Waals surface area (Å²) in [6.07, 6.45) is 7.51. The highest BCUT2D eigenvalue weighted by Crippen LogP contribution is 2.59. The van der Waals surface area contributed by atoms with Gasteiger partial charge in [-0.2, -0.15) is 0 Å². The van der Waals surface area contributed by atoms with E-state index < -0.39 is 5.60 Å². The minimum Gasteiger partial charge on any atom is -0.468 e. The van der Waals surface area contributed by atoms with Crippen LogP contribution in [-0.2, 0) is 11.2 Å². The van der Waals surface area contributed by atoms with Gasteiger partial charge in [0.25, 0.3) is 0 Å². The number of furan rings is 1. The maximum Gasteiger partial charge on any atom is 0.113 e. The van der Waals surface area contributed by atoms with E-state index in [0.717, 1.165) is 42.6 Å². The summed E-state index contributed by atoms with van der Waals surface area (Å²) in [4.78, 5) is 0. The van der Waals surface area contributed by atoms with Gasteiger partial charge in [-0.15, -0.1) is 0 Å². The van der Waals surface area contributed by atoms with Gasteiger partial charge in [0.2, 0.25) is 0 Å². The molecule has 3 atom stereocenters. The highest BCUT2D eigenvalue weighted by atomic mass is 16.5. The molecule has 23 heavy (non-hydrogen) atoms. The third-order valence-corrected chi connectivity index (χ3v) is 6.03. The monoisotopic (exact) mass is 318 g/mol. The van der Waals surface area contributed by atoms with Crippen molar-refractivity contribution in [3.05, 3.63) is 34.8 Å². The highest BCUT2D eigenvalue weighted by molar-refractivity contribution is 5.44. The Morgan fingerprint density at radius 3 is 2.83 bits per heavy atom. The fourth-order valence-electron chi connectivity index (χ4n) is 4.18. The Kier molecular flexibility index (Phi) is 4.22. The minimum absolute atomic E-state index is 0.134. The lowest BCUT2D eigenvalue weighted by atomic mass is 9.56. The molecule has 0 bridgehead atoms. The molecule has 0 aliphatic heterocycles. The molecule has 0 aromatic carbocycles. The van der Waals surface area contributed by atoms with Gasteiger partial charge >= 0.3 is 0 Å². The molecular weight excluding hydrogens is 288 g/mol. The van der Waals surface area contributed by atoms with Gasteiger partial charge in [-0.05, 0) is 44.6 Å². The Hall–Kier alpha value is -1.06. The molecule has 2 aliphatic carbocycles. The van der Waals surface area contributed by atoms with Crippen molar-refractivity contribution in [3.8, 4) is 0 Å². The first-order chi connectivity index (χ1) is 10.8. The third kappa shape index (κ3) is 2.58. The number of fused-ring (bicyclic) bond motifs is 2. The number of allylic oxidation sites excluding steroid dienone is 1. The van der Waals surface area contributed by atoms with Crippen molar-refractivity contribution >= 4 is 0 Å². The predicted octanol–water partition coefficient (Wildman–Crippen LogP) is 4.73. The Bertz CT molecular complexity index is 608. The molecule has 0 saturated carbocycles. The summed E-state index contributed by atoms with van der Waals surface area (Å²) in [7, 11) is 0. The van der Waals surface area contributed by atoms with Crippen LogP contribution in [-0.4, -0.2) is 17.3 Å². The van der Waals surface area contributed by atoms with Gasteiger partial charge in [-0.1, -0.05) is 32.4 Å². The number of ether oxygens (including phenoxy) is 1. The molecule has 1 heterocycles. The van der Waals surface area contributed by atoms with Crippen molar-refractivity contribution in [2.45, 2.75) is 72.0 Å². The van der Waals surface area contributed by atoms with Gasteiger partial charge in [-0.25, -0.2) is 0 Å². The second-order valence-corrected chi connectivity index (χ2v) is 8.11. The van der Waals surface area contributed by atoms with Gasteiger partial charge in [-0.3, -0.25) is 0 Å². The summed E-state index contributed by atoms with van der Waals surface area (Å²) in [5, 5.41) is 11.2. The summed E-state index contributed by atoms with van der Waals surface area (Å²) in [5.74, 6) is 1.62. The molecule has 0 unspecified atom stereocenters. The molecule has 1 aromatic heterocycles. The van der Waals surface area contributed by atoms with Crippen LogP contribution in [0.25, 0.3) is 0 Å². The maximum absolute atomic E-state index is 11.2. The molecule has 1 aromatic rings. The van der Waals surface area contributed by atoms with Crippen molar-refractivity contribution in [1.29, 1.82) is 0 Å². The lowest BCUT2D eigenvalue weighted by Gasteiger charge is -2.53. The first-order valence-electron chi connectivity index (χ1n) is 8.87. The molecule has 128 valence electrons. The van der Waals surface area contributed by atoms with Crippen LogP contribution >= 0.6 is 0 Å². The second kappa shape index (κ2) is 5.78. The predicted molar refractivity (Wildman–Crippen MR) is 91.3 cm³/mol. The van der Waals surface area contributed by atoms with E-state index in [1.54, 1.807) is 0 Å². The van der Waals surface area contributed by atoms with Gasteiger partial charge in [0.1, 0.15) is 5.76 Å². The highest BCUT2D eigenvalue weighted by Gasteiger charge is 2.56. The van der Waals surface area contributed by atoms with Crippen LogP contribution in [0.4, 0.5) is 0 Å². The summed E-state index contributed by atoms with van der Waals surface area (Å²) in [5.41, 5.74) is 2.42. The third-order valence-electron chi connectivity index (χ3n) is 6.03. The minimum atomic E-state index is -0.763. The molecule has 0 fully saturated rings. The van der Waals surface area contributed by atoms with Crippen LogP contribution in [0.15, 0.2) is 22.3 Å². The van der Waals surface area contributed by atoms with Crippen LogP contribution in [0.1, 0.15) is 69.9 Å². The molecule has 0 saturated heterocycles. The SMILES string of the molecule is Cc1coc2c1[C@@H](OCCC(C)C)[C@@]1(C)C(=CCC[C@@]1(C)O)C2. The summed E-state index contributed by atoms with van der Waals surface area (Å²) in [6, 6.07) is 0. The largest absolute Gasteiger partial charge is 0.468 e. The van der Waals surface area contributed by atoms with Crippen LogP contribution in [0.3, 0.4) is 0 Å². The quantitative estimate of drug-likeness (QED) is 0.816. The first-order valence-corrected chi connectivity index (χ1v) is 8.87. The molecule has 2 aliphatic rings. The molecule has 0 amide bonds. The molecule has 3 heteroatoms. The van der Waals surface area contributed by atoms with Gasteiger partial charge in [0, 0.05) is 24.0 Å². The lowest BCUT2D eigenvalue weighted by Crippen LogP contribution is -2.53. The fourth-order valence-corrected chi connectivity index (χ4v) is 4.18. The van der Waals surface area contributed by atoms with Gasteiger partial charge in [0.05, 0.1) is 18.0 Å². The number of rotatable bonds is 4. The van der Waals surface area contributed by atoms with Gasteiger partial charge in [0.15, 0.2) is 0 Å². The summed E-state index contributed by atoms with van der Waals surface area (Å²) in [6.45, 7) is 11.4. The van der Waals surface area contributed by atoms with E-state index in [0.29, 0.717) is 12.5 Å². The average molecular weight is 318 g/mol. The topological polar surface area (TPSA) is 42.6 Å². The van der Waals surface area contributed by atoms with Crippen LogP contribution in [0.5, 0.6) is 0 Å². The van der Waals surface area contributed by atoms with E-state index in [9.17, 15) is 5.11 Å². The zero-order valence-electron chi connectivity index (χ0n) is 15.1. The van der Waals surface area contributed by atoms with Crippen molar-refractivity contribution in [2.75, 3.05) is 6.61 Å². The van der Waals surface area contributed by atoms with E-state index in [2.05, 4.69) is 33.8 Å². The Morgan fingerprint density at radius 1 is 1.39 bits per heavy atom. The summed E-state index contributed by atoms with van der Waals surface area (Å²) >= 11 is 0. The second-order valence-electron chi connectivity index (χ2n) is 8.11. The van der Waals surface area contributed by atoms with Crippen LogP contribution < -0.4 is 0 Å². The van der Waals surface area contributed by atoms with E-state index in [-0.39, 0.29) is 11.5 Å². The number of aliphatic hydroxyl groups is 1. The molecule has 3 nitrogen and oxygen atoms in total. The van der Waals surface area contributed by atoms with E-state index >= 15 is 0 Å². The van der Waals surface area contributed by atoms with Crippen molar-refractivity contribution < 1.29 is 14.3 Å². The number of hydrogen-bond donors (Lipinski definition) is 1. The lowest BCUT2D eigenvalue weighted by molar-refractivity contribution is -0.142. The van der Waals surface area contributed by atoms with E-state index in [1.165, 1.54) is 5.57 Å². The Labute approximate surface area is 139 Å². The van der Waals surface area contributed by atoms with Crippen LogP contribution in [0.2, 0.25) is 0 Å². The summed E-state index contributed by atoms with van der Waals surface area (Å²) < 4.78 is 12.2.